The monoisotopic (exact) mass is 339 g/mol. The zero-order valence-electron chi connectivity index (χ0n) is 14.0. The molecule has 0 saturated heterocycles. The number of anilines is 2. The normalized spacial score (nSPS) is 14.5. The summed E-state index contributed by atoms with van der Waals surface area (Å²) in [7, 11) is 0. The van der Waals surface area contributed by atoms with Gasteiger partial charge in [-0.2, -0.15) is 0 Å². The number of benzene rings is 2. The van der Waals surface area contributed by atoms with Crippen LogP contribution in [-0.2, 0) is 4.79 Å². The molecule has 2 aromatic rings. The van der Waals surface area contributed by atoms with E-state index >= 15 is 0 Å². The third-order valence-electron chi connectivity index (χ3n) is 4.07. The van der Waals surface area contributed by atoms with E-state index in [4.69, 9.17) is 10.5 Å². The van der Waals surface area contributed by atoms with Crippen molar-refractivity contribution < 1.29 is 14.3 Å². The topological polar surface area (TPSA) is 93.5 Å². The maximum Gasteiger partial charge on any atom is 0.255 e. The number of rotatable bonds is 6. The molecule has 0 aromatic heterocycles. The fourth-order valence-electron chi connectivity index (χ4n) is 2.33. The van der Waals surface area contributed by atoms with Gasteiger partial charge in [0.25, 0.3) is 5.91 Å². The van der Waals surface area contributed by atoms with E-state index in [0.29, 0.717) is 36.4 Å². The van der Waals surface area contributed by atoms with Gasteiger partial charge in [0, 0.05) is 16.9 Å². The van der Waals surface area contributed by atoms with Crippen LogP contribution in [0.1, 0.15) is 30.1 Å². The molecule has 0 aliphatic heterocycles. The molecular formula is C19H21N3O3. The Labute approximate surface area is 146 Å². The Hall–Kier alpha value is -2.86. The summed E-state index contributed by atoms with van der Waals surface area (Å²) in [5.41, 5.74) is 6.94. The molecule has 0 heterocycles. The summed E-state index contributed by atoms with van der Waals surface area (Å²) >= 11 is 0. The summed E-state index contributed by atoms with van der Waals surface area (Å²) in [6.45, 7) is 2.51. The van der Waals surface area contributed by atoms with Crippen LogP contribution < -0.4 is 21.1 Å². The van der Waals surface area contributed by atoms with E-state index < -0.39 is 5.54 Å². The minimum atomic E-state index is -0.719. The number of hydrogen-bond donors (Lipinski definition) is 3. The number of hydrogen-bond acceptors (Lipinski definition) is 4. The molecule has 25 heavy (non-hydrogen) atoms. The molecule has 3 rings (SSSR count). The van der Waals surface area contributed by atoms with E-state index in [1.807, 2.05) is 6.92 Å². The van der Waals surface area contributed by atoms with Gasteiger partial charge in [0.15, 0.2) is 0 Å². The number of ether oxygens (including phenoxy) is 1. The van der Waals surface area contributed by atoms with Gasteiger partial charge in [0.1, 0.15) is 5.75 Å². The zero-order valence-corrected chi connectivity index (χ0v) is 14.0. The van der Waals surface area contributed by atoms with Gasteiger partial charge in [-0.25, -0.2) is 0 Å². The van der Waals surface area contributed by atoms with E-state index in [0.717, 1.165) is 5.75 Å². The lowest BCUT2D eigenvalue weighted by molar-refractivity contribution is -0.118. The van der Waals surface area contributed by atoms with E-state index in [2.05, 4.69) is 10.6 Å². The van der Waals surface area contributed by atoms with Crippen molar-refractivity contribution in [1.29, 1.82) is 0 Å². The van der Waals surface area contributed by atoms with Crippen molar-refractivity contribution in [2.24, 2.45) is 5.73 Å². The highest BCUT2D eigenvalue weighted by atomic mass is 16.5. The summed E-state index contributed by atoms with van der Waals surface area (Å²) in [6, 6.07) is 13.9. The van der Waals surface area contributed by atoms with Crippen molar-refractivity contribution in [2.45, 2.75) is 25.3 Å². The van der Waals surface area contributed by atoms with Crippen molar-refractivity contribution >= 4 is 23.2 Å². The van der Waals surface area contributed by atoms with E-state index in [-0.39, 0.29) is 11.8 Å². The molecule has 1 saturated carbocycles. The Morgan fingerprint density at radius 3 is 2.12 bits per heavy atom. The second kappa shape index (κ2) is 6.94. The summed E-state index contributed by atoms with van der Waals surface area (Å²) in [5.74, 6) is 0.354. The molecule has 130 valence electrons. The molecule has 4 N–H and O–H groups in total. The average Bonchev–Trinajstić information content (AvgIpc) is 3.36. The van der Waals surface area contributed by atoms with E-state index in [9.17, 15) is 9.59 Å². The minimum Gasteiger partial charge on any atom is -0.494 e. The predicted molar refractivity (Wildman–Crippen MR) is 96.8 cm³/mol. The van der Waals surface area contributed by atoms with Crippen molar-refractivity contribution in [3.8, 4) is 5.75 Å². The molecule has 0 bridgehead atoms. The Morgan fingerprint density at radius 1 is 1.00 bits per heavy atom. The maximum absolute atomic E-state index is 12.3. The Morgan fingerprint density at radius 2 is 1.56 bits per heavy atom. The summed E-state index contributed by atoms with van der Waals surface area (Å²) < 4.78 is 5.37. The first kappa shape index (κ1) is 17.0. The molecule has 2 amide bonds. The number of amides is 2. The lowest BCUT2D eigenvalue weighted by atomic mass is 10.1. The van der Waals surface area contributed by atoms with Gasteiger partial charge in [0.05, 0.1) is 12.1 Å². The molecule has 2 aromatic carbocycles. The van der Waals surface area contributed by atoms with Crippen LogP contribution in [0.15, 0.2) is 48.5 Å². The number of nitrogens with one attached hydrogen (secondary N) is 2. The van der Waals surface area contributed by atoms with Crippen LogP contribution in [0, 0.1) is 0 Å². The lowest BCUT2D eigenvalue weighted by Gasteiger charge is -2.11. The van der Waals surface area contributed by atoms with Crippen LogP contribution >= 0.6 is 0 Å². The quantitative estimate of drug-likeness (QED) is 0.754. The molecule has 0 atom stereocenters. The Balaban J connectivity index is 1.59. The van der Waals surface area contributed by atoms with E-state index in [1.54, 1.807) is 48.5 Å². The summed E-state index contributed by atoms with van der Waals surface area (Å²) in [6.07, 6.45) is 1.42. The molecule has 6 heteroatoms. The maximum atomic E-state index is 12.3. The molecule has 0 unspecified atom stereocenters. The van der Waals surface area contributed by atoms with Gasteiger partial charge in [-0.1, -0.05) is 0 Å². The minimum absolute atomic E-state index is 0.181. The van der Waals surface area contributed by atoms with Gasteiger partial charge in [-0.15, -0.1) is 0 Å². The highest BCUT2D eigenvalue weighted by molar-refractivity contribution is 6.05. The number of carbonyl (C=O) groups excluding carboxylic acids is 2. The SMILES string of the molecule is CCOc1ccc(NC(=O)c2ccc(NC(=O)C3(N)CC3)cc2)cc1. The first-order chi connectivity index (χ1) is 12.0. The number of carbonyl (C=O) groups is 2. The fourth-order valence-corrected chi connectivity index (χ4v) is 2.33. The highest BCUT2D eigenvalue weighted by Gasteiger charge is 2.45. The number of nitrogens with two attached hydrogens (primary N) is 1. The van der Waals surface area contributed by atoms with Crippen molar-refractivity contribution in [3.63, 3.8) is 0 Å². The third kappa shape index (κ3) is 4.16. The van der Waals surface area contributed by atoms with E-state index in [1.165, 1.54) is 0 Å². The van der Waals surface area contributed by atoms with Crippen LogP contribution in [-0.4, -0.2) is 24.0 Å². The second-order valence-corrected chi connectivity index (χ2v) is 6.10. The van der Waals surface area contributed by atoms with Crippen LogP contribution in [0.25, 0.3) is 0 Å². The van der Waals surface area contributed by atoms with Crippen molar-refractivity contribution in [1.82, 2.24) is 0 Å². The second-order valence-electron chi connectivity index (χ2n) is 6.10. The lowest BCUT2D eigenvalue weighted by Crippen LogP contribution is -2.37. The average molecular weight is 339 g/mol. The van der Waals surface area contributed by atoms with Crippen LogP contribution in [0.4, 0.5) is 11.4 Å². The fraction of sp³-hybridized carbons (Fsp3) is 0.263. The third-order valence-corrected chi connectivity index (χ3v) is 4.07. The molecule has 0 spiro atoms. The smallest absolute Gasteiger partial charge is 0.255 e. The molecule has 0 radical (unpaired) electrons. The van der Waals surface area contributed by atoms with Gasteiger partial charge in [0.2, 0.25) is 5.91 Å². The summed E-state index contributed by atoms with van der Waals surface area (Å²) in [5, 5.41) is 5.59. The van der Waals surface area contributed by atoms with Crippen LogP contribution in [0.2, 0.25) is 0 Å². The predicted octanol–water partition coefficient (Wildman–Crippen LogP) is 2.77. The molecular weight excluding hydrogens is 318 g/mol. The first-order valence-electron chi connectivity index (χ1n) is 8.25. The zero-order chi connectivity index (χ0) is 17.9. The molecule has 1 aliphatic rings. The Bertz CT molecular complexity index is 766. The van der Waals surface area contributed by atoms with Gasteiger partial charge >= 0.3 is 0 Å². The van der Waals surface area contributed by atoms with Gasteiger partial charge < -0.3 is 21.1 Å². The molecule has 6 nitrogen and oxygen atoms in total. The largest absolute Gasteiger partial charge is 0.494 e. The van der Waals surface area contributed by atoms with Crippen molar-refractivity contribution in [3.05, 3.63) is 54.1 Å². The summed E-state index contributed by atoms with van der Waals surface area (Å²) in [4.78, 5) is 24.2. The first-order valence-corrected chi connectivity index (χ1v) is 8.25. The van der Waals surface area contributed by atoms with Gasteiger partial charge in [-0.3, -0.25) is 9.59 Å². The Kier molecular flexibility index (Phi) is 4.72. The molecule has 1 fully saturated rings. The standard InChI is InChI=1S/C19H21N3O3/c1-2-25-16-9-7-14(8-10-16)21-17(23)13-3-5-15(6-4-13)22-18(24)19(20)11-12-19/h3-10H,2,11-12,20H2,1H3,(H,21,23)(H,22,24). The van der Waals surface area contributed by atoms with Gasteiger partial charge in [-0.05, 0) is 68.3 Å². The van der Waals surface area contributed by atoms with Crippen LogP contribution in [0.5, 0.6) is 5.75 Å². The van der Waals surface area contributed by atoms with Crippen LogP contribution in [0.3, 0.4) is 0 Å². The molecule has 1 aliphatic carbocycles. The van der Waals surface area contributed by atoms with Crippen molar-refractivity contribution in [2.75, 3.05) is 17.2 Å². The highest BCUT2D eigenvalue weighted by Crippen LogP contribution is 2.33.